The molecular formula is C23H34N6O. The van der Waals surface area contributed by atoms with Gasteiger partial charge in [-0.1, -0.05) is 12.1 Å². The third-order valence-corrected chi connectivity index (χ3v) is 5.92. The molecule has 0 saturated heterocycles. The first-order valence-electron chi connectivity index (χ1n) is 11.4. The third kappa shape index (κ3) is 5.12. The summed E-state index contributed by atoms with van der Waals surface area (Å²) in [6.07, 6.45) is 8.63. The molecule has 1 aromatic carbocycles. The molecule has 30 heavy (non-hydrogen) atoms. The summed E-state index contributed by atoms with van der Waals surface area (Å²) >= 11 is 0. The Bertz CT molecular complexity index is 869. The lowest BCUT2D eigenvalue weighted by Gasteiger charge is -2.17. The minimum atomic E-state index is 0.347. The molecule has 0 spiro atoms. The summed E-state index contributed by atoms with van der Waals surface area (Å²) in [5.41, 5.74) is 2.35. The Balaban J connectivity index is 1.43. The van der Waals surface area contributed by atoms with Crippen molar-refractivity contribution in [1.29, 1.82) is 0 Å². The topological polar surface area (TPSA) is 76.4 Å². The van der Waals surface area contributed by atoms with Crippen LogP contribution in [0.25, 0.3) is 0 Å². The molecule has 0 radical (unpaired) electrons. The fourth-order valence-electron chi connectivity index (χ4n) is 4.26. The maximum absolute atomic E-state index is 6.33. The first kappa shape index (κ1) is 20.7. The Kier molecular flexibility index (Phi) is 6.87. The van der Waals surface area contributed by atoms with E-state index in [1.54, 1.807) is 0 Å². The number of aryl methyl sites for hydroxylation is 2. The summed E-state index contributed by atoms with van der Waals surface area (Å²) in [5.74, 6) is 3.86. The zero-order valence-corrected chi connectivity index (χ0v) is 18.3. The number of aromatic nitrogens is 3. The first-order chi connectivity index (χ1) is 14.7. The second kappa shape index (κ2) is 9.96. The summed E-state index contributed by atoms with van der Waals surface area (Å²) in [5, 5.41) is 15.5. The average Bonchev–Trinajstić information content (AvgIpc) is 3.41. The van der Waals surface area contributed by atoms with Crippen LogP contribution in [0.15, 0.2) is 23.2 Å². The van der Waals surface area contributed by atoms with Gasteiger partial charge in [-0.05, 0) is 64.0 Å². The number of nitrogens with one attached hydrogen (secondary N) is 2. The highest BCUT2D eigenvalue weighted by Gasteiger charge is 2.18. The van der Waals surface area contributed by atoms with E-state index >= 15 is 0 Å². The number of aliphatic imine (C=N–C) groups is 1. The Morgan fingerprint density at radius 1 is 1.17 bits per heavy atom. The van der Waals surface area contributed by atoms with Gasteiger partial charge in [0.25, 0.3) is 0 Å². The normalized spacial score (nSPS) is 17.1. The number of hydrogen-bond acceptors (Lipinski definition) is 4. The van der Waals surface area contributed by atoms with Gasteiger partial charge >= 0.3 is 0 Å². The number of rotatable bonds is 7. The number of guanidine groups is 1. The molecule has 0 amide bonds. The van der Waals surface area contributed by atoms with Gasteiger partial charge in [-0.25, -0.2) is 4.99 Å². The number of hydrogen-bond donors (Lipinski definition) is 2. The highest BCUT2D eigenvalue weighted by molar-refractivity contribution is 5.79. The average molecular weight is 411 g/mol. The maximum Gasteiger partial charge on any atom is 0.191 e. The molecule has 2 aromatic rings. The molecule has 2 N–H and O–H groups in total. The summed E-state index contributed by atoms with van der Waals surface area (Å²) in [6, 6.07) is 6.42. The Morgan fingerprint density at radius 2 is 2.03 bits per heavy atom. The van der Waals surface area contributed by atoms with Gasteiger partial charge < -0.3 is 19.9 Å². The van der Waals surface area contributed by atoms with E-state index in [0.29, 0.717) is 19.2 Å². The molecule has 1 aliphatic heterocycles. The van der Waals surface area contributed by atoms with Crippen LogP contribution in [0.4, 0.5) is 0 Å². The van der Waals surface area contributed by atoms with E-state index in [9.17, 15) is 0 Å². The lowest BCUT2D eigenvalue weighted by atomic mass is 10.1. The first-order valence-corrected chi connectivity index (χ1v) is 11.4. The van der Waals surface area contributed by atoms with E-state index in [1.807, 2.05) is 0 Å². The summed E-state index contributed by atoms with van der Waals surface area (Å²) < 4.78 is 8.57. The number of fused-ring (bicyclic) bond motifs is 1. The van der Waals surface area contributed by atoms with Crippen molar-refractivity contribution in [3.63, 3.8) is 0 Å². The lowest BCUT2D eigenvalue weighted by Crippen LogP contribution is -2.37. The van der Waals surface area contributed by atoms with Crippen molar-refractivity contribution in [2.45, 2.75) is 84.5 Å². The van der Waals surface area contributed by atoms with E-state index in [4.69, 9.17) is 9.73 Å². The van der Waals surface area contributed by atoms with Crippen molar-refractivity contribution >= 4 is 5.96 Å². The molecule has 1 saturated carbocycles. The van der Waals surface area contributed by atoms with Crippen LogP contribution in [0, 0.1) is 6.92 Å². The van der Waals surface area contributed by atoms with Crippen molar-refractivity contribution in [2.75, 3.05) is 6.54 Å². The Morgan fingerprint density at radius 3 is 2.87 bits per heavy atom. The third-order valence-electron chi connectivity index (χ3n) is 5.92. The van der Waals surface area contributed by atoms with Gasteiger partial charge in [0.2, 0.25) is 0 Å². The van der Waals surface area contributed by atoms with Crippen molar-refractivity contribution in [2.24, 2.45) is 4.99 Å². The zero-order chi connectivity index (χ0) is 20.8. The van der Waals surface area contributed by atoms with Gasteiger partial charge in [-0.2, -0.15) is 0 Å². The van der Waals surface area contributed by atoms with Crippen molar-refractivity contribution in [1.82, 2.24) is 25.4 Å². The predicted molar refractivity (Wildman–Crippen MR) is 119 cm³/mol. The van der Waals surface area contributed by atoms with Gasteiger partial charge in [-0.15, -0.1) is 10.2 Å². The van der Waals surface area contributed by atoms with Crippen LogP contribution < -0.4 is 15.4 Å². The largest absolute Gasteiger partial charge is 0.490 e. The highest BCUT2D eigenvalue weighted by atomic mass is 16.5. The minimum Gasteiger partial charge on any atom is -0.490 e. The monoisotopic (exact) mass is 410 g/mol. The van der Waals surface area contributed by atoms with Gasteiger partial charge in [0.15, 0.2) is 11.8 Å². The van der Waals surface area contributed by atoms with E-state index < -0.39 is 0 Å². The van der Waals surface area contributed by atoms with E-state index in [1.165, 1.54) is 31.2 Å². The predicted octanol–water partition coefficient (Wildman–Crippen LogP) is 3.50. The van der Waals surface area contributed by atoms with Crippen molar-refractivity contribution < 1.29 is 4.74 Å². The minimum absolute atomic E-state index is 0.347. The molecule has 1 fully saturated rings. The SMILES string of the molecule is CCNC(=NCc1ccc(C)cc1OC1CCCC1)NCc1nnc2n1CCCC2. The van der Waals surface area contributed by atoms with Crippen LogP contribution >= 0.6 is 0 Å². The molecule has 7 nitrogen and oxygen atoms in total. The molecule has 7 heteroatoms. The van der Waals surface area contributed by atoms with E-state index in [0.717, 1.165) is 61.3 Å². The molecular weight excluding hydrogens is 376 g/mol. The zero-order valence-electron chi connectivity index (χ0n) is 18.3. The molecule has 162 valence electrons. The van der Waals surface area contributed by atoms with Crippen molar-refractivity contribution in [3.8, 4) is 5.75 Å². The van der Waals surface area contributed by atoms with Crippen LogP contribution in [0.3, 0.4) is 0 Å². The fraction of sp³-hybridized carbons (Fsp3) is 0.609. The molecule has 1 aromatic heterocycles. The van der Waals surface area contributed by atoms with Gasteiger partial charge in [0.05, 0.1) is 19.2 Å². The van der Waals surface area contributed by atoms with Gasteiger partial charge in [0, 0.05) is 25.1 Å². The second-order valence-corrected chi connectivity index (χ2v) is 8.33. The van der Waals surface area contributed by atoms with Crippen LogP contribution in [-0.4, -0.2) is 33.4 Å². The highest BCUT2D eigenvalue weighted by Crippen LogP contribution is 2.28. The maximum atomic E-state index is 6.33. The summed E-state index contributed by atoms with van der Waals surface area (Å²) in [6.45, 7) is 7.21. The van der Waals surface area contributed by atoms with Crippen molar-refractivity contribution in [3.05, 3.63) is 41.0 Å². The molecule has 1 aliphatic carbocycles. The molecule has 2 aliphatic rings. The molecule has 2 heterocycles. The lowest BCUT2D eigenvalue weighted by molar-refractivity contribution is 0.208. The molecule has 4 rings (SSSR count). The standard InChI is InChI=1S/C23H34N6O/c1-3-24-23(26-16-22-28-27-21-10-6-7-13-29(21)22)25-15-18-12-11-17(2)14-20(18)30-19-8-4-5-9-19/h11-12,14,19H,3-10,13,15-16H2,1-2H3,(H2,24,25,26). The molecule has 0 unspecified atom stereocenters. The number of ether oxygens (including phenoxy) is 1. The van der Waals surface area contributed by atoms with Crippen LogP contribution in [0.5, 0.6) is 5.75 Å². The Hall–Kier alpha value is -2.57. The number of nitrogens with zero attached hydrogens (tertiary/aromatic N) is 4. The Labute approximate surface area is 179 Å². The number of benzene rings is 1. The van der Waals surface area contributed by atoms with Crippen LogP contribution in [-0.2, 0) is 26.1 Å². The summed E-state index contributed by atoms with van der Waals surface area (Å²) in [4.78, 5) is 4.82. The molecule has 0 bridgehead atoms. The smallest absolute Gasteiger partial charge is 0.191 e. The van der Waals surface area contributed by atoms with Gasteiger partial charge in [-0.3, -0.25) is 0 Å². The van der Waals surface area contributed by atoms with Gasteiger partial charge in [0.1, 0.15) is 11.6 Å². The van der Waals surface area contributed by atoms with Crippen LogP contribution in [0.2, 0.25) is 0 Å². The van der Waals surface area contributed by atoms with E-state index in [2.05, 4.69) is 57.4 Å². The van der Waals surface area contributed by atoms with Crippen LogP contribution in [0.1, 0.15) is 68.2 Å². The molecule has 0 atom stereocenters. The quantitative estimate of drug-likeness (QED) is 0.540. The second-order valence-electron chi connectivity index (χ2n) is 8.33. The van der Waals surface area contributed by atoms with E-state index in [-0.39, 0.29) is 0 Å². The fourth-order valence-corrected chi connectivity index (χ4v) is 4.26. The summed E-state index contributed by atoms with van der Waals surface area (Å²) in [7, 11) is 0.